The molecule has 134 valence electrons. The number of nitrogens with one attached hydrogen (secondary N) is 1. The Morgan fingerprint density at radius 3 is 2.23 bits per heavy atom. The number of benzene rings is 2. The van der Waals surface area contributed by atoms with Crippen molar-refractivity contribution >= 4 is 23.7 Å². The third-order valence-electron chi connectivity index (χ3n) is 4.26. The van der Waals surface area contributed by atoms with Crippen LogP contribution in [0.3, 0.4) is 0 Å². The first kappa shape index (κ1) is 17.7. The fourth-order valence-corrected chi connectivity index (χ4v) is 2.84. The average Bonchev–Trinajstić information content (AvgIpc) is 3.21. The molecule has 6 nitrogen and oxygen atoms in total. The average molecular weight is 351 g/mol. The maximum Gasteiger partial charge on any atom is 0.255 e. The zero-order chi connectivity index (χ0) is 18.4. The second-order valence-electron chi connectivity index (χ2n) is 6.07. The highest BCUT2D eigenvalue weighted by Gasteiger charge is 2.19. The van der Waals surface area contributed by atoms with Gasteiger partial charge in [0.2, 0.25) is 0 Å². The lowest BCUT2D eigenvalue weighted by atomic mass is 10.1. The molecule has 26 heavy (non-hydrogen) atoms. The van der Waals surface area contributed by atoms with Crippen molar-refractivity contribution in [1.29, 1.82) is 0 Å². The van der Waals surface area contributed by atoms with Crippen LogP contribution in [0.4, 0.5) is 5.69 Å². The highest BCUT2D eigenvalue weighted by atomic mass is 16.6. The second-order valence-corrected chi connectivity index (χ2v) is 6.07. The van der Waals surface area contributed by atoms with Crippen LogP contribution in [-0.4, -0.2) is 43.1 Å². The Balaban J connectivity index is 1.62. The zero-order valence-corrected chi connectivity index (χ0v) is 14.6. The number of nitrogens with zero attached hydrogens (tertiary/aromatic N) is 2. The van der Waals surface area contributed by atoms with Gasteiger partial charge in [0.05, 0.1) is 6.21 Å². The molecule has 1 aliphatic heterocycles. The predicted molar refractivity (Wildman–Crippen MR) is 101 cm³/mol. The molecule has 1 saturated heterocycles. The summed E-state index contributed by atoms with van der Waals surface area (Å²) in [6, 6.07) is 14.0. The third kappa shape index (κ3) is 4.27. The van der Waals surface area contributed by atoms with Gasteiger partial charge in [0.1, 0.15) is 7.11 Å². The van der Waals surface area contributed by atoms with E-state index in [0.717, 1.165) is 31.5 Å². The van der Waals surface area contributed by atoms with Gasteiger partial charge in [-0.2, -0.15) is 0 Å². The molecule has 0 aromatic heterocycles. The maximum atomic E-state index is 12.3. The number of anilines is 1. The van der Waals surface area contributed by atoms with Gasteiger partial charge in [0.25, 0.3) is 11.8 Å². The van der Waals surface area contributed by atoms with Gasteiger partial charge < -0.3 is 15.1 Å². The van der Waals surface area contributed by atoms with E-state index in [1.165, 1.54) is 7.11 Å². The lowest BCUT2D eigenvalue weighted by Gasteiger charge is -2.15. The van der Waals surface area contributed by atoms with Crippen LogP contribution in [0, 0.1) is 0 Å². The van der Waals surface area contributed by atoms with Crippen molar-refractivity contribution in [2.75, 3.05) is 25.5 Å². The molecule has 0 atom stereocenters. The standard InChI is InChI=1S/C20H21N3O3/c1-26-21-14-15-4-6-16(7-5-15)19(24)22-18-10-8-17(9-11-18)20(25)23-12-2-3-13-23/h4-11,14H,2-3,12-13H2,1H3,(H,22,24)/b21-14+. The predicted octanol–water partition coefficient (Wildman–Crippen LogP) is 3.16. The quantitative estimate of drug-likeness (QED) is 0.664. The normalized spacial score (nSPS) is 13.8. The molecule has 0 aliphatic carbocycles. The largest absolute Gasteiger partial charge is 0.399 e. The monoisotopic (exact) mass is 351 g/mol. The van der Waals surface area contributed by atoms with E-state index >= 15 is 0 Å². The molecular weight excluding hydrogens is 330 g/mol. The zero-order valence-electron chi connectivity index (χ0n) is 14.6. The van der Waals surface area contributed by atoms with Gasteiger partial charge in [0.15, 0.2) is 0 Å². The number of oxime groups is 1. The number of amides is 2. The van der Waals surface area contributed by atoms with Gasteiger partial charge in [-0.15, -0.1) is 0 Å². The van der Waals surface area contributed by atoms with Crippen LogP contribution < -0.4 is 5.32 Å². The van der Waals surface area contributed by atoms with Crippen molar-refractivity contribution < 1.29 is 14.4 Å². The Hall–Kier alpha value is -3.15. The van der Waals surface area contributed by atoms with E-state index < -0.39 is 0 Å². The summed E-state index contributed by atoms with van der Waals surface area (Å²) >= 11 is 0. The van der Waals surface area contributed by atoms with E-state index in [1.54, 1.807) is 54.7 Å². The SMILES string of the molecule is CO/N=C/c1ccc(C(=O)Nc2ccc(C(=O)N3CCCC3)cc2)cc1. The molecule has 6 heteroatoms. The minimum Gasteiger partial charge on any atom is -0.399 e. The number of hydrogen-bond acceptors (Lipinski definition) is 4. The van der Waals surface area contributed by atoms with Crippen molar-refractivity contribution in [3.05, 3.63) is 65.2 Å². The van der Waals surface area contributed by atoms with Gasteiger partial charge >= 0.3 is 0 Å². The molecule has 0 spiro atoms. The van der Waals surface area contributed by atoms with Gasteiger partial charge in [-0.3, -0.25) is 9.59 Å². The summed E-state index contributed by atoms with van der Waals surface area (Å²) < 4.78 is 0. The summed E-state index contributed by atoms with van der Waals surface area (Å²) in [7, 11) is 1.47. The molecule has 3 rings (SSSR count). The molecule has 1 heterocycles. The lowest BCUT2D eigenvalue weighted by molar-refractivity contribution is 0.0792. The van der Waals surface area contributed by atoms with Gasteiger partial charge in [-0.05, 0) is 54.8 Å². The van der Waals surface area contributed by atoms with Crippen LogP contribution in [0.5, 0.6) is 0 Å². The minimum atomic E-state index is -0.209. The van der Waals surface area contributed by atoms with E-state index in [2.05, 4.69) is 15.3 Å². The van der Waals surface area contributed by atoms with Crippen molar-refractivity contribution in [3.63, 3.8) is 0 Å². The fraction of sp³-hybridized carbons (Fsp3) is 0.250. The molecule has 0 unspecified atom stereocenters. The molecule has 1 N–H and O–H groups in total. The molecule has 0 bridgehead atoms. The van der Waals surface area contributed by atoms with E-state index in [9.17, 15) is 9.59 Å². The molecule has 2 aromatic rings. The fourth-order valence-electron chi connectivity index (χ4n) is 2.84. The van der Waals surface area contributed by atoms with Crippen molar-refractivity contribution in [1.82, 2.24) is 4.90 Å². The van der Waals surface area contributed by atoms with Gasteiger partial charge in [-0.25, -0.2) is 0 Å². The van der Waals surface area contributed by atoms with Gasteiger partial charge in [-0.1, -0.05) is 17.3 Å². The Kier molecular flexibility index (Phi) is 5.63. The van der Waals surface area contributed by atoms with Crippen molar-refractivity contribution in [2.24, 2.45) is 5.16 Å². The molecule has 2 aromatic carbocycles. The van der Waals surface area contributed by atoms with Crippen LogP contribution in [0.15, 0.2) is 53.7 Å². The first-order chi connectivity index (χ1) is 12.7. The summed E-state index contributed by atoms with van der Waals surface area (Å²) in [5.74, 6) is -0.160. The second kappa shape index (κ2) is 8.29. The number of hydrogen-bond donors (Lipinski definition) is 1. The molecule has 0 radical (unpaired) electrons. The first-order valence-corrected chi connectivity index (χ1v) is 8.54. The molecule has 1 fully saturated rings. The van der Waals surface area contributed by atoms with Crippen molar-refractivity contribution in [3.8, 4) is 0 Å². The Morgan fingerprint density at radius 1 is 1.00 bits per heavy atom. The molecule has 1 aliphatic rings. The summed E-state index contributed by atoms with van der Waals surface area (Å²) in [6.45, 7) is 1.64. The Bertz CT molecular complexity index is 792. The van der Waals surface area contributed by atoms with Crippen LogP contribution in [-0.2, 0) is 4.84 Å². The Labute approximate surface area is 152 Å². The number of rotatable bonds is 5. The summed E-state index contributed by atoms with van der Waals surface area (Å²) in [5, 5.41) is 6.51. The van der Waals surface area contributed by atoms with E-state index in [1.807, 2.05) is 4.90 Å². The maximum absolute atomic E-state index is 12.3. The minimum absolute atomic E-state index is 0.0497. The highest BCUT2D eigenvalue weighted by molar-refractivity contribution is 6.05. The number of likely N-dealkylation sites (tertiary alicyclic amines) is 1. The lowest BCUT2D eigenvalue weighted by Crippen LogP contribution is -2.27. The summed E-state index contributed by atoms with van der Waals surface area (Å²) in [5.41, 5.74) is 2.68. The van der Waals surface area contributed by atoms with Crippen LogP contribution in [0.2, 0.25) is 0 Å². The number of carbonyl (C=O) groups is 2. The number of carbonyl (C=O) groups excluding carboxylic acids is 2. The van der Waals surface area contributed by atoms with Crippen LogP contribution >= 0.6 is 0 Å². The highest BCUT2D eigenvalue weighted by Crippen LogP contribution is 2.16. The van der Waals surface area contributed by atoms with E-state index in [0.29, 0.717) is 16.8 Å². The van der Waals surface area contributed by atoms with Gasteiger partial charge in [0, 0.05) is 29.9 Å². The smallest absolute Gasteiger partial charge is 0.255 e. The van der Waals surface area contributed by atoms with Crippen LogP contribution in [0.25, 0.3) is 0 Å². The molecular formula is C20H21N3O3. The third-order valence-corrected chi connectivity index (χ3v) is 4.26. The van der Waals surface area contributed by atoms with E-state index in [4.69, 9.17) is 0 Å². The van der Waals surface area contributed by atoms with Crippen molar-refractivity contribution in [2.45, 2.75) is 12.8 Å². The Morgan fingerprint density at radius 2 is 1.62 bits per heavy atom. The summed E-state index contributed by atoms with van der Waals surface area (Å²) in [4.78, 5) is 31.1. The van der Waals surface area contributed by atoms with Crippen LogP contribution in [0.1, 0.15) is 39.1 Å². The van der Waals surface area contributed by atoms with E-state index in [-0.39, 0.29) is 11.8 Å². The molecule has 0 saturated carbocycles. The first-order valence-electron chi connectivity index (χ1n) is 8.54. The molecule has 2 amide bonds. The summed E-state index contributed by atoms with van der Waals surface area (Å²) in [6.07, 6.45) is 3.70. The topological polar surface area (TPSA) is 71.0 Å².